The van der Waals surface area contributed by atoms with Crippen LogP contribution in [0.3, 0.4) is 0 Å². The molecule has 1 saturated heterocycles. The van der Waals surface area contributed by atoms with E-state index in [2.05, 4.69) is 28.7 Å². The van der Waals surface area contributed by atoms with Crippen molar-refractivity contribution < 1.29 is 4.74 Å². The highest BCUT2D eigenvalue weighted by atomic mass is 16.5. The Morgan fingerprint density at radius 1 is 1.41 bits per heavy atom. The van der Waals surface area contributed by atoms with Gasteiger partial charge in [0.15, 0.2) is 0 Å². The molecule has 0 bridgehead atoms. The second-order valence-corrected chi connectivity index (χ2v) is 5.00. The molecule has 94 valence electrons. The molecule has 1 atom stereocenters. The van der Waals surface area contributed by atoms with Gasteiger partial charge in [-0.3, -0.25) is 4.90 Å². The highest BCUT2D eigenvalue weighted by Crippen LogP contribution is 2.25. The Kier molecular flexibility index (Phi) is 3.94. The van der Waals surface area contributed by atoms with Crippen LogP contribution >= 0.6 is 0 Å². The van der Waals surface area contributed by atoms with Crippen LogP contribution in [0.25, 0.3) is 0 Å². The summed E-state index contributed by atoms with van der Waals surface area (Å²) in [6, 6.07) is 1.15. The molecule has 1 aromatic rings. The van der Waals surface area contributed by atoms with Crippen LogP contribution in [-0.4, -0.2) is 34.6 Å². The van der Waals surface area contributed by atoms with Crippen molar-refractivity contribution in [2.75, 3.05) is 13.7 Å². The van der Waals surface area contributed by atoms with Gasteiger partial charge in [0.1, 0.15) is 0 Å². The summed E-state index contributed by atoms with van der Waals surface area (Å²) in [6.45, 7) is 6.74. The third-order valence-electron chi connectivity index (χ3n) is 3.43. The fraction of sp³-hybridized carbons (Fsp3) is 0.692. The Bertz CT molecular complexity index is 350. The van der Waals surface area contributed by atoms with Crippen molar-refractivity contribution >= 4 is 0 Å². The first-order valence-electron chi connectivity index (χ1n) is 6.29. The molecule has 1 aliphatic heterocycles. The molecule has 2 rings (SSSR count). The van der Waals surface area contributed by atoms with E-state index in [1.807, 2.05) is 12.4 Å². The van der Waals surface area contributed by atoms with Gasteiger partial charge in [0.05, 0.1) is 7.11 Å². The van der Waals surface area contributed by atoms with Gasteiger partial charge in [-0.25, -0.2) is 9.97 Å². The molecule has 0 saturated carbocycles. The van der Waals surface area contributed by atoms with E-state index < -0.39 is 0 Å². The molecule has 0 amide bonds. The van der Waals surface area contributed by atoms with Crippen molar-refractivity contribution in [2.24, 2.45) is 5.92 Å². The van der Waals surface area contributed by atoms with E-state index in [9.17, 15) is 0 Å². The summed E-state index contributed by atoms with van der Waals surface area (Å²) < 4.78 is 4.96. The SMILES string of the molecule is COc1ncc(CN2CCCC2C(C)C)cn1. The normalized spacial score (nSPS) is 21.1. The minimum absolute atomic E-state index is 0.440. The monoisotopic (exact) mass is 235 g/mol. The first kappa shape index (κ1) is 12.3. The Hall–Kier alpha value is -1.16. The second kappa shape index (κ2) is 5.45. The average molecular weight is 235 g/mol. The zero-order chi connectivity index (χ0) is 12.3. The van der Waals surface area contributed by atoms with Crippen molar-refractivity contribution in [3.05, 3.63) is 18.0 Å². The van der Waals surface area contributed by atoms with Crippen LogP contribution in [0.1, 0.15) is 32.3 Å². The number of nitrogens with zero attached hydrogens (tertiary/aromatic N) is 3. The van der Waals surface area contributed by atoms with Gasteiger partial charge in [0.2, 0.25) is 0 Å². The zero-order valence-corrected chi connectivity index (χ0v) is 10.9. The minimum Gasteiger partial charge on any atom is -0.467 e. The minimum atomic E-state index is 0.440. The van der Waals surface area contributed by atoms with Gasteiger partial charge in [-0.1, -0.05) is 13.8 Å². The fourth-order valence-corrected chi connectivity index (χ4v) is 2.57. The lowest BCUT2D eigenvalue weighted by atomic mass is 10.0. The predicted octanol–water partition coefficient (Wildman–Crippen LogP) is 2.11. The average Bonchev–Trinajstić information content (AvgIpc) is 2.78. The van der Waals surface area contributed by atoms with Crippen molar-refractivity contribution in [1.29, 1.82) is 0 Å². The van der Waals surface area contributed by atoms with Crippen molar-refractivity contribution in [3.63, 3.8) is 0 Å². The van der Waals surface area contributed by atoms with E-state index in [0.717, 1.165) is 12.5 Å². The van der Waals surface area contributed by atoms with E-state index in [4.69, 9.17) is 4.74 Å². The molecule has 1 aromatic heterocycles. The summed E-state index contributed by atoms with van der Waals surface area (Å²) in [5.41, 5.74) is 1.17. The summed E-state index contributed by atoms with van der Waals surface area (Å²) in [4.78, 5) is 10.8. The maximum Gasteiger partial charge on any atom is 0.316 e. The molecule has 1 fully saturated rings. The lowest BCUT2D eigenvalue weighted by molar-refractivity contribution is 0.198. The van der Waals surface area contributed by atoms with Gasteiger partial charge in [0.25, 0.3) is 0 Å². The molecule has 17 heavy (non-hydrogen) atoms. The third-order valence-corrected chi connectivity index (χ3v) is 3.43. The van der Waals surface area contributed by atoms with Crippen LogP contribution < -0.4 is 4.74 Å². The van der Waals surface area contributed by atoms with E-state index in [1.165, 1.54) is 24.9 Å². The van der Waals surface area contributed by atoms with Crippen molar-refractivity contribution in [1.82, 2.24) is 14.9 Å². The maximum atomic E-state index is 4.96. The van der Waals surface area contributed by atoms with Crippen molar-refractivity contribution in [2.45, 2.75) is 39.3 Å². The van der Waals surface area contributed by atoms with Gasteiger partial charge in [0, 0.05) is 30.5 Å². The van der Waals surface area contributed by atoms with Gasteiger partial charge < -0.3 is 4.74 Å². The smallest absolute Gasteiger partial charge is 0.316 e. The summed E-state index contributed by atoms with van der Waals surface area (Å²) in [7, 11) is 1.59. The first-order valence-corrected chi connectivity index (χ1v) is 6.29. The Balaban J connectivity index is 1.99. The molecule has 0 radical (unpaired) electrons. The number of rotatable bonds is 4. The molecular formula is C13H21N3O. The molecule has 0 aromatic carbocycles. The van der Waals surface area contributed by atoms with E-state index in [0.29, 0.717) is 12.1 Å². The molecule has 0 N–H and O–H groups in total. The Labute approximate surface area is 103 Å². The first-order chi connectivity index (χ1) is 8.20. The largest absolute Gasteiger partial charge is 0.467 e. The predicted molar refractivity (Wildman–Crippen MR) is 66.9 cm³/mol. The zero-order valence-electron chi connectivity index (χ0n) is 10.9. The Morgan fingerprint density at radius 2 is 2.12 bits per heavy atom. The fourth-order valence-electron chi connectivity index (χ4n) is 2.57. The highest BCUT2D eigenvalue weighted by molar-refractivity contribution is 5.08. The summed E-state index contributed by atoms with van der Waals surface area (Å²) in [5, 5.41) is 0. The Morgan fingerprint density at radius 3 is 2.71 bits per heavy atom. The molecule has 2 heterocycles. The molecule has 0 aliphatic carbocycles. The van der Waals surface area contributed by atoms with Crippen molar-refractivity contribution in [3.8, 4) is 6.01 Å². The topological polar surface area (TPSA) is 38.2 Å². The molecule has 0 spiro atoms. The van der Waals surface area contributed by atoms with E-state index in [1.54, 1.807) is 7.11 Å². The molecule has 1 aliphatic rings. The van der Waals surface area contributed by atoms with E-state index in [-0.39, 0.29) is 0 Å². The number of methoxy groups -OCH3 is 1. The maximum absolute atomic E-state index is 4.96. The number of aromatic nitrogens is 2. The van der Waals surface area contributed by atoms with Crippen LogP contribution in [0.5, 0.6) is 6.01 Å². The number of hydrogen-bond acceptors (Lipinski definition) is 4. The van der Waals surface area contributed by atoms with Gasteiger partial charge in [-0.15, -0.1) is 0 Å². The lowest BCUT2D eigenvalue weighted by Gasteiger charge is -2.27. The number of ether oxygens (including phenoxy) is 1. The third kappa shape index (κ3) is 2.94. The standard InChI is InChI=1S/C13H21N3O/c1-10(2)12-5-4-6-16(12)9-11-7-14-13(17-3)15-8-11/h7-8,10,12H,4-6,9H2,1-3H3. The molecule has 4 nitrogen and oxygen atoms in total. The van der Waals surface area contributed by atoms with Gasteiger partial charge >= 0.3 is 6.01 Å². The van der Waals surface area contributed by atoms with Crippen LogP contribution in [-0.2, 0) is 6.54 Å². The van der Waals surface area contributed by atoms with Gasteiger partial charge in [-0.05, 0) is 25.3 Å². The molecule has 1 unspecified atom stereocenters. The van der Waals surface area contributed by atoms with Crippen LogP contribution in [0, 0.1) is 5.92 Å². The number of hydrogen-bond donors (Lipinski definition) is 0. The molecule has 4 heteroatoms. The van der Waals surface area contributed by atoms with Crippen LogP contribution in [0.4, 0.5) is 0 Å². The summed E-state index contributed by atoms with van der Waals surface area (Å²) in [6.07, 6.45) is 6.34. The van der Waals surface area contributed by atoms with Crippen LogP contribution in [0.2, 0.25) is 0 Å². The lowest BCUT2D eigenvalue weighted by Crippen LogP contribution is -2.32. The number of likely N-dealkylation sites (tertiary alicyclic amines) is 1. The highest BCUT2D eigenvalue weighted by Gasteiger charge is 2.26. The summed E-state index contributed by atoms with van der Waals surface area (Å²) in [5.74, 6) is 0.719. The van der Waals surface area contributed by atoms with Gasteiger partial charge in [-0.2, -0.15) is 0 Å². The second-order valence-electron chi connectivity index (χ2n) is 5.00. The molecular weight excluding hydrogens is 214 g/mol. The van der Waals surface area contributed by atoms with E-state index >= 15 is 0 Å². The summed E-state index contributed by atoms with van der Waals surface area (Å²) >= 11 is 0. The van der Waals surface area contributed by atoms with Crippen LogP contribution in [0.15, 0.2) is 12.4 Å². The quantitative estimate of drug-likeness (QED) is 0.801.